The van der Waals surface area contributed by atoms with Gasteiger partial charge in [0.1, 0.15) is 5.75 Å². The molecule has 2 rings (SSSR count). The lowest BCUT2D eigenvalue weighted by molar-refractivity contribution is 0.416. The van der Waals surface area contributed by atoms with Crippen molar-refractivity contribution in [2.45, 2.75) is 11.8 Å². The SMILES string of the molecule is COc1ccc(S(=O)(=O)Nc2nnc(C)o2)cc1N. The molecule has 1 heterocycles. The lowest BCUT2D eigenvalue weighted by Gasteiger charge is -2.07. The van der Waals surface area contributed by atoms with Gasteiger partial charge in [-0.15, -0.1) is 5.10 Å². The third-order valence-corrected chi connectivity index (χ3v) is 3.58. The fourth-order valence-electron chi connectivity index (χ4n) is 1.39. The van der Waals surface area contributed by atoms with Gasteiger partial charge in [-0.2, -0.15) is 0 Å². The molecule has 19 heavy (non-hydrogen) atoms. The molecule has 0 bridgehead atoms. The van der Waals surface area contributed by atoms with Crippen LogP contribution in [0.2, 0.25) is 0 Å². The van der Waals surface area contributed by atoms with E-state index in [4.69, 9.17) is 14.9 Å². The first kappa shape index (κ1) is 13.1. The summed E-state index contributed by atoms with van der Waals surface area (Å²) in [5.74, 6) is 0.652. The highest BCUT2D eigenvalue weighted by Gasteiger charge is 2.18. The van der Waals surface area contributed by atoms with Crippen molar-refractivity contribution in [2.75, 3.05) is 17.6 Å². The van der Waals surface area contributed by atoms with E-state index in [1.807, 2.05) is 0 Å². The maximum atomic E-state index is 12.0. The van der Waals surface area contributed by atoms with Crippen LogP contribution in [0, 0.1) is 6.92 Å². The Bertz CT molecular complexity index is 695. The van der Waals surface area contributed by atoms with Crippen molar-refractivity contribution in [1.82, 2.24) is 10.2 Å². The van der Waals surface area contributed by atoms with Gasteiger partial charge in [0.05, 0.1) is 17.7 Å². The van der Waals surface area contributed by atoms with Crippen molar-refractivity contribution in [3.05, 3.63) is 24.1 Å². The van der Waals surface area contributed by atoms with E-state index >= 15 is 0 Å². The lowest BCUT2D eigenvalue weighted by atomic mass is 10.3. The average Bonchev–Trinajstić information content (AvgIpc) is 2.73. The zero-order valence-corrected chi connectivity index (χ0v) is 11.1. The highest BCUT2D eigenvalue weighted by molar-refractivity contribution is 7.92. The van der Waals surface area contributed by atoms with Crippen LogP contribution in [0.4, 0.5) is 11.7 Å². The van der Waals surface area contributed by atoms with Crippen molar-refractivity contribution < 1.29 is 17.6 Å². The number of aromatic nitrogens is 2. The predicted molar refractivity (Wildman–Crippen MR) is 67.2 cm³/mol. The summed E-state index contributed by atoms with van der Waals surface area (Å²) in [7, 11) is -2.39. The first-order valence-corrected chi connectivity index (χ1v) is 6.67. The number of nitrogen functional groups attached to an aromatic ring is 1. The van der Waals surface area contributed by atoms with Gasteiger partial charge in [0.25, 0.3) is 10.0 Å². The Morgan fingerprint density at radius 3 is 2.63 bits per heavy atom. The minimum absolute atomic E-state index is 0.0262. The van der Waals surface area contributed by atoms with Gasteiger partial charge in [-0.1, -0.05) is 5.10 Å². The fourth-order valence-corrected chi connectivity index (χ4v) is 2.35. The third-order valence-electron chi connectivity index (χ3n) is 2.26. The van der Waals surface area contributed by atoms with Gasteiger partial charge in [0.2, 0.25) is 5.89 Å². The van der Waals surface area contributed by atoms with Gasteiger partial charge in [-0.3, -0.25) is 0 Å². The molecule has 1 aromatic carbocycles. The summed E-state index contributed by atoms with van der Waals surface area (Å²) >= 11 is 0. The predicted octanol–water partition coefficient (Wildman–Crippen LogP) is 0.770. The quantitative estimate of drug-likeness (QED) is 0.795. The van der Waals surface area contributed by atoms with Crippen LogP contribution in [0.25, 0.3) is 0 Å². The molecule has 0 aliphatic heterocycles. The molecule has 8 nitrogen and oxygen atoms in total. The Hall–Kier alpha value is -2.29. The third kappa shape index (κ3) is 2.76. The molecule has 1 aromatic heterocycles. The van der Waals surface area contributed by atoms with Gasteiger partial charge in [0, 0.05) is 6.92 Å². The van der Waals surface area contributed by atoms with Crippen molar-refractivity contribution in [3.8, 4) is 5.75 Å². The molecule has 0 saturated heterocycles. The van der Waals surface area contributed by atoms with E-state index in [9.17, 15) is 8.42 Å². The van der Waals surface area contributed by atoms with Crippen LogP contribution >= 0.6 is 0 Å². The lowest BCUT2D eigenvalue weighted by Crippen LogP contribution is -2.13. The molecule has 0 unspecified atom stereocenters. The first-order valence-electron chi connectivity index (χ1n) is 5.19. The van der Waals surface area contributed by atoms with Gasteiger partial charge in [0.15, 0.2) is 0 Å². The molecule has 0 radical (unpaired) electrons. The van der Waals surface area contributed by atoms with E-state index in [2.05, 4.69) is 14.9 Å². The summed E-state index contributed by atoms with van der Waals surface area (Å²) < 4.78 is 36.1. The van der Waals surface area contributed by atoms with Gasteiger partial charge >= 0.3 is 6.01 Å². The molecule has 0 amide bonds. The highest BCUT2D eigenvalue weighted by atomic mass is 32.2. The van der Waals surface area contributed by atoms with Crippen LogP contribution in [0.3, 0.4) is 0 Å². The normalized spacial score (nSPS) is 11.3. The van der Waals surface area contributed by atoms with Gasteiger partial charge in [-0.05, 0) is 18.2 Å². The summed E-state index contributed by atoms with van der Waals surface area (Å²) in [6.07, 6.45) is 0. The summed E-state index contributed by atoms with van der Waals surface area (Å²) in [4.78, 5) is -0.0262. The zero-order valence-electron chi connectivity index (χ0n) is 10.2. The Morgan fingerprint density at radius 1 is 1.37 bits per heavy atom. The van der Waals surface area contributed by atoms with E-state index in [1.165, 1.54) is 25.3 Å². The molecule has 0 aliphatic carbocycles. The molecule has 0 saturated carbocycles. The molecular formula is C10H12N4O4S. The Morgan fingerprint density at radius 2 is 2.11 bits per heavy atom. The summed E-state index contributed by atoms with van der Waals surface area (Å²) in [6.45, 7) is 1.55. The van der Waals surface area contributed by atoms with Crippen molar-refractivity contribution in [3.63, 3.8) is 0 Å². The van der Waals surface area contributed by atoms with Gasteiger partial charge in [-0.25, -0.2) is 13.1 Å². The second-order valence-electron chi connectivity index (χ2n) is 3.64. The number of hydrogen-bond donors (Lipinski definition) is 2. The van der Waals surface area contributed by atoms with Crippen molar-refractivity contribution in [1.29, 1.82) is 0 Å². The smallest absolute Gasteiger partial charge is 0.329 e. The molecule has 0 fully saturated rings. The molecular weight excluding hydrogens is 272 g/mol. The number of nitrogens with two attached hydrogens (primary N) is 1. The number of anilines is 2. The minimum atomic E-state index is -3.83. The van der Waals surface area contributed by atoms with Crippen LogP contribution in [-0.2, 0) is 10.0 Å². The number of aryl methyl sites for hydroxylation is 1. The summed E-state index contributed by atoms with van der Waals surface area (Å²) in [5, 5.41) is 7.07. The Labute approximate surface area is 109 Å². The zero-order chi connectivity index (χ0) is 14.0. The number of nitrogens with zero attached hydrogens (tertiary/aromatic N) is 2. The molecule has 0 aliphatic rings. The van der Waals surface area contributed by atoms with Crippen molar-refractivity contribution >= 4 is 21.7 Å². The molecule has 0 atom stereocenters. The Balaban J connectivity index is 2.31. The topological polar surface area (TPSA) is 120 Å². The maximum absolute atomic E-state index is 12.0. The van der Waals surface area contributed by atoms with Crippen LogP contribution in [0.1, 0.15) is 5.89 Å². The highest BCUT2D eigenvalue weighted by Crippen LogP contribution is 2.25. The minimum Gasteiger partial charge on any atom is -0.495 e. The molecule has 0 spiro atoms. The number of hydrogen-bond acceptors (Lipinski definition) is 7. The number of methoxy groups -OCH3 is 1. The number of ether oxygens (including phenoxy) is 1. The van der Waals surface area contributed by atoms with Gasteiger partial charge < -0.3 is 14.9 Å². The van der Waals surface area contributed by atoms with Crippen LogP contribution < -0.4 is 15.2 Å². The number of nitrogens with one attached hydrogen (secondary N) is 1. The number of rotatable bonds is 4. The molecule has 9 heteroatoms. The van der Waals surface area contributed by atoms with E-state index in [1.54, 1.807) is 6.92 Å². The number of benzene rings is 1. The second kappa shape index (κ2) is 4.76. The van der Waals surface area contributed by atoms with E-state index in [0.29, 0.717) is 5.75 Å². The second-order valence-corrected chi connectivity index (χ2v) is 5.32. The summed E-state index contributed by atoms with van der Waals surface area (Å²) in [6, 6.07) is 3.90. The number of sulfonamides is 1. The average molecular weight is 284 g/mol. The fraction of sp³-hybridized carbons (Fsp3) is 0.200. The maximum Gasteiger partial charge on any atom is 0.329 e. The summed E-state index contributed by atoms with van der Waals surface area (Å²) in [5.41, 5.74) is 5.87. The van der Waals surface area contributed by atoms with E-state index < -0.39 is 10.0 Å². The largest absolute Gasteiger partial charge is 0.495 e. The van der Waals surface area contributed by atoms with Crippen molar-refractivity contribution in [2.24, 2.45) is 0 Å². The van der Waals surface area contributed by atoms with Crippen LogP contribution in [-0.4, -0.2) is 25.7 Å². The Kier molecular flexibility index (Phi) is 3.30. The molecule has 2 aromatic rings. The van der Waals surface area contributed by atoms with E-state index in [0.717, 1.165) is 0 Å². The molecule has 102 valence electrons. The molecule has 3 N–H and O–H groups in total. The monoisotopic (exact) mass is 284 g/mol. The van der Waals surface area contributed by atoms with Crippen LogP contribution in [0.5, 0.6) is 5.75 Å². The van der Waals surface area contributed by atoms with E-state index in [-0.39, 0.29) is 22.5 Å². The standard InChI is InChI=1S/C10H12N4O4S/c1-6-12-13-10(18-6)14-19(15,16)7-3-4-9(17-2)8(11)5-7/h3-5H,11H2,1-2H3,(H,13,14). The first-order chi connectivity index (χ1) is 8.92. The van der Waals surface area contributed by atoms with Crippen LogP contribution in [0.15, 0.2) is 27.5 Å².